The standard InChI is InChI=1S/C9H10FN3.C8H5NOS.C5H11N/c1-6-4-13-5-7(11-2)3-8(10)9(13)12-6;10-5-7-4-6-2-1-3-9-8(6)11-7;1-2-4-6-5-3-1/h3-5,11H,1-2H3;1-5H;6H,1-5H2. The van der Waals surface area contributed by atoms with E-state index >= 15 is 0 Å². The third-order valence-electron chi connectivity index (χ3n) is 4.55. The van der Waals surface area contributed by atoms with Crippen LogP contribution in [0, 0.1) is 12.7 Å². The van der Waals surface area contributed by atoms with Crippen LogP contribution in [0.4, 0.5) is 10.1 Å². The Balaban J connectivity index is 0.000000136. The molecule has 1 aliphatic rings. The van der Waals surface area contributed by atoms with Crippen molar-refractivity contribution in [1.29, 1.82) is 0 Å². The van der Waals surface area contributed by atoms with Gasteiger partial charge in [-0.15, -0.1) is 11.3 Å². The molecule has 0 unspecified atom stereocenters. The fraction of sp³-hybridized carbons (Fsp3) is 0.318. The number of piperidine rings is 1. The summed E-state index contributed by atoms with van der Waals surface area (Å²) in [6.45, 7) is 4.34. The number of aryl methyl sites for hydroxylation is 1. The molecule has 0 amide bonds. The zero-order valence-corrected chi connectivity index (χ0v) is 18.0. The van der Waals surface area contributed by atoms with Crippen LogP contribution in [0.25, 0.3) is 15.9 Å². The number of hydrogen-bond acceptors (Lipinski definition) is 6. The maximum atomic E-state index is 13.3. The predicted octanol–water partition coefficient (Wildman–Crippen LogP) is 4.69. The Bertz CT molecular complexity index is 1060. The van der Waals surface area contributed by atoms with Crippen LogP contribution >= 0.6 is 11.3 Å². The van der Waals surface area contributed by atoms with Gasteiger partial charge in [0, 0.05) is 37.1 Å². The Morgan fingerprint density at radius 3 is 2.63 bits per heavy atom. The molecule has 0 atom stereocenters. The highest BCUT2D eigenvalue weighted by molar-refractivity contribution is 7.20. The lowest BCUT2D eigenvalue weighted by Crippen LogP contribution is -2.21. The number of thiophene rings is 1. The SMILES string of the molecule is C1CCNCC1.CNc1cc(F)c2nc(C)cn2c1.O=Cc1cc2cccnc2s1. The van der Waals surface area contributed by atoms with Crippen LogP contribution in [0.5, 0.6) is 0 Å². The number of carbonyl (C=O) groups is 1. The van der Waals surface area contributed by atoms with Gasteiger partial charge in [0.05, 0.1) is 16.3 Å². The number of aromatic nitrogens is 3. The number of fused-ring (bicyclic) bond motifs is 2. The molecule has 4 aromatic rings. The Kier molecular flexibility index (Phi) is 7.87. The molecule has 0 saturated carbocycles. The first kappa shape index (κ1) is 21.9. The van der Waals surface area contributed by atoms with Gasteiger partial charge < -0.3 is 15.0 Å². The molecule has 0 spiro atoms. The molecule has 0 bridgehead atoms. The van der Waals surface area contributed by atoms with E-state index < -0.39 is 0 Å². The summed E-state index contributed by atoms with van der Waals surface area (Å²) in [5.74, 6) is -0.306. The van der Waals surface area contributed by atoms with Crippen LogP contribution in [-0.4, -0.2) is 40.8 Å². The minimum Gasteiger partial charge on any atom is -0.387 e. The zero-order chi connectivity index (χ0) is 21.3. The van der Waals surface area contributed by atoms with Gasteiger partial charge in [-0.25, -0.2) is 14.4 Å². The van der Waals surface area contributed by atoms with Gasteiger partial charge in [0.2, 0.25) is 0 Å². The Morgan fingerprint density at radius 2 is 2.03 bits per heavy atom. The Labute approximate surface area is 179 Å². The van der Waals surface area contributed by atoms with Crippen LogP contribution in [-0.2, 0) is 0 Å². The molecule has 5 rings (SSSR count). The highest BCUT2D eigenvalue weighted by Crippen LogP contribution is 2.21. The molecular formula is C22H26FN5OS. The van der Waals surface area contributed by atoms with E-state index in [4.69, 9.17) is 0 Å². The molecule has 0 aliphatic carbocycles. The van der Waals surface area contributed by atoms with Gasteiger partial charge in [-0.2, -0.15) is 0 Å². The summed E-state index contributed by atoms with van der Waals surface area (Å²) in [7, 11) is 1.75. The molecular weight excluding hydrogens is 401 g/mol. The third-order valence-corrected chi connectivity index (χ3v) is 5.54. The first-order valence-corrected chi connectivity index (χ1v) is 10.8. The molecule has 30 heavy (non-hydrogen) atoms. The molecule has 158 valence electrons. The predicted molar refractivity (Wildman–Crippen MR) is 121 cm³/mol. The topological polar surface area (TPSA) is 71.3 Å². The monoisotopic (exact) mass is 427 g/mol. The number of imidazole rings is 1. The van der Waals surface area contributed by atoms with E-state index in [0.717, 1.165) is 32.8 Å². The van der Waals surface area contributed by atoms with Gasteiger partial charge >= 0.3 is 0 Å². The molecule has 1 saturated heterocycles. The number of anilines is 1. The molecule has 2 N–H and O–H groups in total. The smallest absolute Gasteiger partial charge is 0.173 e. The van der Waals surface area contributed by atoms with E-state index in [0.29, 0.717) is 5.65 Å². The molecule has 1 fully saturated rings. The van der Waals surface area contributed by atoms with Crippen LogP contribution < -0.4 is 10.6 Å². The van der Waals surface area contributed by atoms with Gasteiger partial charge in [-0.3, -0.25) is 4.79 Å². The number of rotatable bonds is 2. The van der Waals surface area contributed by atoms with Gasteiger partial charge in [0.25, 0.3) is 0 Å². The van der Waals surface area contributed by atoms with Crippen molar-refractivity contribution in [3.8, 4) is 0 Å². The highest BCUT2D eigenvalue weighted by atomic mass is 32.1. The highest BCUT2D eigenvalue weighted by Gasteiger charge is 2.05. The van der Waals surface area contributed by atoms with Crippen molar-refractivity contribution in [2.45, 2.75) is 26.2 Å². The summed E-state index contributed by atoms with van der Waals surface area (Å²) in [6, 6.07) is 7.09. The lowest BCUT2D eigenvalue weighted by Gasteiger charge is -2.08. The Hall–Kier alpha value is -2.84. The summed E-state index contributed by atoms with van der Waals surface area (Å²) in [5, 5.41) is 7.21. The van der Waals surface area contributed by atoms with Crippen molar-refractivity contribution in [2.75, 3.05) is 25.5 Å². The average molecular weight is 428 g/mol. The fourth-order valence-electron chi connectivity index (χ4n) is 3.07. The second-order valence-electron chi connectivity index (χ2n) is 6.91. The minimum atomic E-state index is -0.306. The molecule has 1 aliphatic heterocycles. The van der Waals surface area contributed by atoms with Crippen molar-refractivity contribution in [2.24, 2.45) is 0 Å². The fourth-order valence-corrected chi connectivity index (χ4v) is 3.88. The summed E-state index contributed by atoms with van der Waals surface area (Å²) >= 11 is 1.42. The van der Waals surface area contributed by atoms with Gasteiger partial charge in [-0.1, -0.05) is 12.5 Å². The van der Waals surface area contributed by atoms with E-state index in [1.54, 1.807) is 30.0 Å². The number of nitrogens with zero attached hydrogens (tertiary/aromatic N) is 3. The second kappa shape index (κ2) is 10.8. The van der Waals surface area contributed by atoms with Crippen molar-refractivity contribution in [1.82, 2.24) is 19.7 Å². The second-order valence-corrected chi connectivity index (χ2v) is 7.98. The Morgan fingerprint density at radius 1 is 1.23 bits per heavy atom. The first-order chi connectivity index (χ1) is 14.6. The quantitative estimate of drug-likeness (QED) is 0.454. The normalized spacial score (nSPS) is 13.2. The van der Waals surface area contributed by atoms with E-state index in [1.807, 2.05) is 25.1 Å². The van der Waals surface area contributed by atoms with Gasteiger partial charge in [0.15, 0.2) is 17.8 Å². The van der Waals surface area contributed by atoms with Crippen molar-refractivity contribution < 1.29 is 9.18 Å². The van der Waals surface area contributed by atoms with Crippen LogP contribution in [0.15, 0.2) is 42.9 Å². The van der Waals surface area contributed by atoms with E-state index in [2.05, 4.69) is 20.6 Å². The number of nitrogens with one attached hydrogen (secondary N) is 2. The lowest BCUT2D eigenvalue weighted by atomic mass is 10.2. The molecule has 4 aromatic heterocycles. The molecule has 6 nitrogen and oxygen atoms in total. The maximum Gasteiger partial charge on any atom is 0.173 e. The van der Waals surface area contributed by atoms with E-state index in [-0.39, 0.29) is 5.82 Å². The summed E-state index contributed by atoms with van der Waals surface area (Å²) in [5.41, 5.74) is 1.92. The largest absolute Gasteiger partial charge is 0.387 e. The maximum absolute atomic E-state index is 13.3. The number of aldehydes is 1. The third kappa shape index (κ3) is 5.84. The van der Waals surface area contributed by atoms with Crippen LogP contribution in [0.3, 0.4) is 0 Å². The number of pyridine rings is 2. The summed E-state index contributed by atoms with van der Waals surface area (Å²) in [4.78, 5) is 20.2. The zero-order valence-electron chi connectivity index (χ0n) is 17.2. The number of halogens is 1. The first-order valence-electron chi connectivity index (χ1n) is 9.94. The van der Waals surface area contributed by atoms with Crippen LogP contribution in [0.1, 0.15) is 34.6 Å². The van der Waals surface area contributed by atoms with Crippen molar-refractivity contribution in [3.63, 3.8) is 0 Å². The van der Waals surface area contributed by atoms with E-state index in [1.165, 1.54) is 49.8 Å². The minimum absolute atomic E-state index is 0.306. The number of hydrogen-bond donors (Lipinski definition) is 2. The molecule has 8 heteroatoms. The number of carbonyl (C=O) groups excluding carboxylic acids is 1. The van der Waals surface area contributed by atoms with Gasteiger partial charge in [-0.05, 0) is 45.0 Å². The molecule has 0 radical (unpaired) electrons. The van der Waals surface area contributed by atoms with E-state index in [9.17, 15) is 9.18 Å². The molecule has 0 aromatic carbocycles. The average Bonchev–Trinajstić information content (AvgIpc) is 3.38. The van der Waals surface area contributed by atoms with Gasteiger partial charge in [0.1, 0.15) is 4.83 Å². The van der Waals surface area contributed by atoms with Crippen molar-refractivity contribution >= 4 is 39.2 Å². The molecule has 5 heterocycles. The van der Waals surface area contributed by atoms with Crippen LogP contribution in [0.2, 0.25) is 0 Å². The lowest BCUT2D eigenvalue weighted by molar-refractivity contribution is 0.112. The van der Waals surface area contributed by atoms with Crippen molar-refractivity contribution in [3.05, 3.63) is 59.2 Å². The summed E-state index contributed by atoms with van der Waals surface area (Å²) < 4.78 is 15.0. The summed E-state index contributed by atoms with van der Waals surface area (Å²) in [6.07, 6.45) is 10.4.